The zero-order valence-corrected chi connectivity index (χ0v) is 12.0. The number of carbonyl (C=O) groups excluding carboxylic acids is 2. The van der Waals surface area contributed by atoms with E-state index in [1.165, 1.54) is 6.08 Å². The molecule has 0 radical (unpaired) electrons. The van der Waals surface area contributed by atoms with Gasteiger partial charge < -0.3 is 9.84 Å². The van der Waals surface area contributed by atoms with Gasteiger partial charge in [0.2, 0.25) is 0 Å². The van der Waals surface area contributed by atoms with Crippen molar-refractivity contribution in [2.75, 3.05) is 0 Å². The molecule has 4 heteroatoms. The third-order valence-corrected chi connectivity index (χ3v) is 4.43. The first-order valence-electron chi connectivity index (χ1n) is 6.83. The lowest BCUT2D eigenvalue weighted by Gasteiger charge is -2.48. The van der Waals surface area contributed by atoms with Gasteiger partial charge in [-0.15, -0.1) is 0 Å². The Bertz CT molecular complexity index is 444. The van der Waals surface area contributed by atoms with Crippen LogP contribution in [0.1, 0.15) is 47.0 Å². The van der Waals surface area contributed by atoms with Crippen LogP contribution in [0.4, 0.5) is 0 Å². The molecule has 0 aromatic carbocycles. The second-order valence-electron chi connectivity index (χ2n) is 6.42. The van der Waals surface area contributed by atoms with Crippen LogP contribution in [0.5, 0.6) is 0 Å². The molecule has 1 saturated heterocycles. The summed E-state index contributed by atoms with van der Waals surface area (Å²) in [5, 5.41) is 10.1. The molecule has 1 heterocycles. The fraction of sp³-hybridized carbons (Fsp3) is 0.733. The molecule has 2 aliphatic rings. The summed E-state index contributed by atoms with van der Waals surface area (Å²) in [6, 6.07) is 0. The fourth-order valence-electron chi connectivity index (χ4n) is 2.94. The second kappa shape index (κ2) is 4.53. The molecular weight excluding hydrogens is 244 g/mol. The first-order valence-corrected chi connectivity index (χ1v) is 6.83. The number of hydrogen-bond acceptors (Lipinski definition) is 4. The predicted octanol–water partition coefficient (Wildman–Crippen LogP) is 1.80. The summed E-state index contributed by atoms with van der Waals surface area (Å²) in [6.45, 7) is 6.96. The molecule has 0 saturated carbocycles. The Balaban J connectivity index is 2.35. The molecular formula is C15H22O4. The Morgan fingerprint density at radius 1 is 1.37 bits per heavy atom. The molecule has 1 N–H and O–H groups in total. The molecule has 3 atom stereocenters. The fourth-order valence-corrected chi connectivity index (χ4v) is 2.94. The standard InChI is InChI=1S/C15H22O4/c1-9-7-12(17)15(8-11(9)16)10(2)5-6-13(19-15)14(3,4)18/h7,10,13,18H,5-6,8H2,1-4H3/t10-,13+,15+/m1/s1. The summed E-state index contributed by atoms with van der Waals surface area (Å²) in [5.74, 6) is -0.180. The Morgan fingerprint density at radius 2 is 2.00 bits per heavy atom. The molecule has 0 aromatic heterocycles. The second-order valence-corrected chi connectivity index (χ2v) is 6.42. The van der Waals surface area contributed by atoms with Crippen LogP contribution < -0.4 is 0 Å². The van der Waals surface area contributed by atoms with Gasteiger partial charge >= 0.3 is 0 Å². The molecule has 106 valence electrons. The molecule has 4 nitrogen and oxygen atoms in total. The average molecular weight is 266 g/mol. The molecule has 1 aliphatic heterocycles. The number of rotatable bonds is 1. The summed E-state index contributed by atoms with van der Waals surface area (Å²) in [7, 11) is 0. The van der Waals surface area contributed by atoms with Crippen molar-refractivity contribution in [2.24, 2.45) is 5.92 Å². The summed E-state index contributed by atoms with van der Waals surface area (Å²) >= 11 is 0. The summed E-state index contributed by atoms with van der Waals surface area (Å²) < 4.78 is 5.96. The minimum absolute atomic E-state index is 0.00750. The number of Topliss-reactive ketones (excluding diaryl/α,β-unsaturated/α-hetero) is 1. The van der Waals surface area contributed by atoms with E-state index in [9.17, 15) is 14.7 Å². The lowest BCUT2D eigenvalue weighted by molar-refractivity contribution is -0.209. The van der Waals surface area contributed by atoms with Crippen LogP contribution in [0, 0.1) is 5.92 Å². The quantitative estimate of drug-likeness (QED) is 0.786. The summed E-state index contributed by atoms with van der Waals surface area (Å²) in [5.41, 5.74) is -1.58. The molecule has 1 spiro atoms. The van der Waals surface area contributed by atoms with E-state index in [0.29, 0.717) is 12.0 Å². The minimum atomic E-state index is -1.07. The van der Waals surface area contributed by atoms with Gasteiger partial charge in [-0.05, 0) is 51.2 Å². The third kappa shape index (κ3) is 2.39. The monoisotopic (exact) mass is 266 g/mol. The van der Waals surface area contributed by atoms with Gasteiger partial charge in [0.05, 0.1) is 11.7 Å². The zero-order chi connectivity index (χ0) is 14.4. The van der Waals surface area contributed by atoms with E-state index >= 15 is 0 Å². The van der Waals surface area contributed by atoms with Crippen molar-refractivity contribution in [3.8, 4) is 0 Å². The smallest absolute Gasteiger partial charge is 0.188 e. The van der Waals surface area contributed by atoms with Crippen molar-refractivity contribution < 1.29 is 19.4 Å². The van der Waals surface area contributed by atoms with E-state index in [1.54, 1.807) is 20.8 Å². The van der Waals surface area contributed by atoms with E-state index in [2.05, 4.69) is 0 Å². The Labute approximate surface area is 113 Å². The maximum atomic E-state index is 12.4. The van der Waals surface area contributed by atoms with E-state index in [0.717, 1.165) is 6.42 Å². The average Bonchev–Trinajstić information content (AvgIpc) is 2.28. The van der Waals surface area contributed by atoms with Gasteiger partial charge in [0.1, 0.15) is 5.60 Å². The maximum Gasteiger partial charge on any atom is 0.188 e. The highest BCUT2D eigenvalue weighted by Crippen LogP contribution is 2.42. The van der Waals surface area contributed by atoms with Crippen molar-refractivity contribution in [3.63, 3.8) is 0 Å². The first kappa shape index (κ1) is 14.4. The van der Waals surface area contributed by atoms with E-state index < -0.39 is 17.3 Å². The first-order chi connectivity index (χ1) is 8.67. The molecule has 0 unspecified atom stereocenters. The van der Waals surface area contributed by atoms with Crippen LogP contribution >= 0.6 is 0 Å². The van der Waals surface area contributed by atoms with Gasteiger partial charge in [0, 0.05) is 6.42 Å². The van der Waals surface area contributed by atoms with E-state index in [4.69, 9.17) is 4.74 Å². The van der Waals surface area contributed by atoms with Crippen LogP contribution in [0.2, 0.25) is 0 Å². The number of aliphatic hydroxyl groups is 1. The maximum absolute atomic E-state index is 12.4. The zero-order valence-electron chi connectivity index (χ0n) is 12.0. The minimum Gasteiger partial charge on any atom is -0.388 e. The summed E-state index contributed by atoms with van der Waals surface area (Å²) in [6.07, 6.45) is 2.57. The number of carbonyl (C=O) groups is 2. The lowest BCUT2D eigenvalue weighted by atomic mass is 9.71. The summed E-state index contributed by atoms with van der Waals surface area (Å²) in [4.78, 5) is 24.3. The van der Waals surface area contributed by atoms with Gasteiger partial charge in [0.25, 0.3) is 0 Å². The number of ether oxygens (including phenoxy) is 1. The third-order valence-electron chi connectivity index (χ3n) is 4.43. The van der Waals surface area contributed by atoms with Crippen molar-refractivity contribution in [1.82, 2.24) is 0 Å². The SMILES string of the molecule is CC1=CC(=O)[C@@]2(CC1=O)O[C@H](C(C)(C)O)CC[C@H]2C. The van der Waals surface area contributed by atoms with Gasteiger partial charge in [0.15, 0.2) is 11.6 Å². The molecule has 0 aromatic rings. The Morgan fingerprint density at radius 3 is 2.58 bits per heavy atom. The number of allylic oxidation sites excluding steroid dienone is 1. The van der Waals surface area contributed by atoms with Gasteiger partial charge in [-0.3, -0.25) is 9.59 Å². The number of hydrogen-bond donors (Lipinski definition) is 1. The Hall–Kier alpha value is -1.00. The molecule has 1 aliphatic carbocycles. The van der Waals surface area contributed by atoms with Crippen LogP contribution in [0.25, 0.3) is 0 Å². The topological polar surface area (TPSA) is 63.6 Å². The normalized spacial score (nSPS) is 36.6. The van der Waals surface area contributed by atoms with Gasteiger partial charge in [-0.1, -0.05) is 6.92 Å². The van der Waals surface area contributed by atoms with Crippen molar-refractivity contribution >= 4 is 11.6 Å². The van der Waals surface area contributed by atoms with Crippen molar-refractivity contribution in [3.05, 3.63) is 11.6 Å². The van der Waals surface area contributed by atoms with Crippen LogP contribution in [-0.4, -0.2) is 34.0 Å². The van der Waals surface area contributed by atoms with Crippen LogP contribution in [0.3, 0.4) is 0 Å². The highest BCUT2D eigenvalue weighted by molar-refractivity contribution is 6.12. The van der Waals surface area contributed by atoms with Gasteiger partial charge in [-0.2, -0.15) is 0 Å². The lowest BCUT2D eigenvalue weighted by Crippen LogP contribution is -2.58. The molecule has 0 bridgehead atoms. The van der Waals surface area contributed by atoms with Gasteiger partial charge in [-0.25, -0.2) is 0 Å². The molecule has 19 heavy (non-hydrogen) atoms. The molecule has 1 fully saturated rings. The van der Waals surface area contributed by atoms with E-state index in [-0.39, 0.29) is 23.9 Å². The van der Waals surface area contributed by atoms with E-state index in [1.807, 2.05) is 6.92 Å². The van der Waals surface area contributed by atoms with Crippen LogP contribution in [0.15, 0.2) is 11.6 Å². The highest BCUT2D eigenvalue weighted by Gasteiger charge is 2.53. The molecule has 0 amide bonds. The molecule has 2 rings (SSSR count). The Kier molecular flexibility index (Phi) is 3.43. The number of ketones is 2. The predicted molar refractivity (Wildman–Crippen MR) is 70.7 cm³/mol. The van der Waals surface area contributed by atoms with Crippen molar-refractivity contribution in [1.29, 1.82) is 0 Å². The van der Waals surface area contributed by atoms with Crippen molar-refractivity contribution in [2.45, 2.75) is 64.3 Å². The van der Waals surface area contributed by atoms with Crippen LogP contribution in [-0.2, 0) is 14.3 Å². The largest absolute Gasteiger partial charge is 0.388 e. The highest BCUT2D eigenvalue weighted by atomic mass is 16.5.